The average Bonchev–Trinajstić information content (AvgIpc) is 2.62. The van der Waals surface area contributed by atoms with Gasteiger partial charge in [-0.2, -0.15) is 0 Å². The van der Waals surface area contributed by atoms with Crippen LogP contribution in [0, 0.1) is 5.92 Å². The first-order chi connectivity index (χ1) is 12.0. The molecule has 0 spiro atoms. The fourth-order valence-electron chi connectivity index (χ4n) is 3.52. The minimum absolute atomic E-state index is 0.138. The van der Waals surface area contributed by atoms with Gasteiger partial charge in [0.1, 0.15) is 0 Å². The van der Waals surface area contributed by atoms with Crippen LogP contribution in [-0.2, 0) is 9.59 Å². The van der Waals surface area contributed by atoms with Gasteiger partial charge in [-0.1, -0.05) is 17.7 Å². The van der Waals surface area contributed by atoms with E-state index in [0.717, 1.165) is 23.8 Å². The molecule has 0 saturated carbocycles. The van der Waals surface area contributed by atoms with Crippen molar-refractivity contribution in [2.24, 2.45) is 5.92 Å². The van der Waals surface area contributed by atoms with Crippen molar-refractivity contribution >= 4 is 29.2 Å². The van der Waals surface area contributed by atoms with Crippen LogP contribution >= 0.6 is 11.6 Å². The molecule has 0 aromatic heterocycles. The lowest BCUT2D eigenvalue weighted by Gasteiger charge is -2.37. The third-order valence-electron chi connectivity index (χ3n) is 5.10. The van der Waals surface area contributed by atoms with E-state index in [1.807, 2.05) is 29.2 Å². The van der Waals surface area contributed by atoms with Gasteiger partial charge >= 0.3 is 5.97 Å². The number of nitrogens with zero attached hydrogens (tertiary/aromatic N) is 3. The van der Waals surface area contributed by atoms with Gasteiger partial charge in [0, 0.05) is 36.9 Å². The van der Waals surface area contributed by atoms with Crippen molar-refractivity contribution in [3.8, 4) is 0 Å². The van der Waals surface area contributed by atoms with Gasteiger partial charge in [-0.15, -0.1) is 0 Å². The van der Waals surface area contributed by atoms with E-state index in [0.29, 0.717) is 45.6 Å². The minimum atomic E-state index is -0.719. The molecule has 2 heterocycles. The first kappa shape index (κ1) is 18.0. The number of hydrogen-bond donors (Lipinski definition) is 1. The van der Waals surface area contributed by atoms with E-state index in [2.05, 4.69) is 9.80 Å². The summed E-state index contributed by atoms with van der Waals surface area (Å²) in [5.74, 6) is -0.838. The number of benzene rings is 1. The van der Waals surface area contributed by atoms with Crippen molar-refractivity contribution in [3.63, 3.8) is 0 Å². The van der Waals surface area contributed by atoms with Crippen LogP contribution < -0.4 is 4.90 Å². The van der Waals surface area contributed by atoms with Crippen molar-refractivity contribution < 1.29 is 14.7 Å². The highest BCUT2D eigenvalue weighted by atomic mass is 35.5. The number of anilines is 1. The Balaban J connectivity index is 1.45. The second kappa shape index (κ2) is 8.06. The largest absolute Gasteiger partial charge is 0.481 e. The fourth-order valence-corrected chi connectivity index (χ4v) is 3.70. The monoisotopic (exact) mass is 365 g/mol. The first-order valence-electron chi connectivity index (χ1n) is 8.76. The second-order valence-corrected chi connectivity index (χ2v) is 7.17. The van der Waals surface area contributed by atoms with Gasteiger partial charge in [-0.3, -0.25) is 14.5 Å². The molecule has 2 saturated heterocycles. The maximum absolute atomic E-state index is 12.5. The normalized spacial score (nSPS) is 19.9. The molecule has 7 heteroatoms. The van der Waals surface area contributed by atoms with E-state index < -0.39 is 5.97 Å². The van der Waals surface area contributed by atoms with Crippen molar-refractivity contribution in [3.05, 3.63) is 29.3 Å². The molecule has 0 atom stereocenters. The van der Waals surface area contributed by atoms with Crippen LogP contribution in [0.1, 0.15) is 12.8 Å². The highest BCUT2D eigenvalue weighted by Gasteiger charge is 2.27. The minimum Gasteiger partial charge on any atom is -0.481 e. The first-order valence-corrected chi connectivity index (χ1v) is 9.14. The molecule has 0 unspecified atom stereocenters. The molecule has 2 aliphatic rings. The molecule has 1 aromatic rings. The number of halogens is 1. The smallest absolute Gasteiger partial charge is 0.306 e. The zero-order valence-corrected chi connectivity index (χ0v) is 15.0. The predicted octanol–water partition coefficient (Wildman–Crippen LogP) is 1.79. The molecule has 1 aromatic carbocycles. The second-order valence-electron chi connectivity index (χ2n) is 6.74. The molecule has 6 nitrogen and oxygen atoms in total. The SMILES string of the molecule is O=C(O)C1CCN(CC(=O)N2CCN(c3cccc(Cl)c3)CC2)CC1. The van der Waals surface area contributed by atoms with Crippen LogP contribution in [-0.4, -0.2) is 72.6 Å². The molecule has 0 bridgehead atoms. The Labute approximate surface area is 152 Å². The van der Waals surface area contributed by atoms with E-state index in [1.54, 1.807) is 0 Å². The number of carboxylic acids is 1. The summed E-state index contributed by atoms with van der Waals surface area (Å²) in [6.07, 6.45) is 1.26. The lowest BCUT2D eigenvalue weighted by molar-refractivity contribution is -0.143. The fraction of sp³-hybridized carbons (Fsp3) is 0.556. The number of likely N-dealkylation sites (tertiary alicyclic amines) is 1. The highest BCUT2D eigenvalue weighted by Crippen LogP contribution is 2.21. The van der Waals surface area contributed by atoms with E-state index in [9.17, 15) is 9.59 Å². The summed E-state index contributed by atoms with van der Waals surface area (Å²) in [5.41, 5.74) is 1.09. The third kappa shape index (κ3) is 4.64. The van der Waals surface area contributed by atoms with E-state index in [1.165, 1.54) is 0 Å². The van der Waals surface area contributed by atoms with Crippen LogP contribution in [0.2, 0.25) is 5.02 Å². The summed E-state index contributed by atoms with van der Waals surface area (Å²) >= 11 is 6.05. The van der Waals surface area contributed by atoms with Crippen LogP contribution in [0.4, 0.5) is 5.69 Å². The lowest BCUT2D eigenvalue weighted by Crippen LogP contribution is -2.52. The molecule has 1 amide bonds. The number of hydrogen-bond acceptors (Lipinski definition) is 4. The van der Waals surface area contributed by atoms with Crippen LogP contribution in [0.3, 0.4) is 0 Å². The summed E-state index contributed by atoms with van der Waals surface area (Å²) in [4.78, 5) is 29.7. The zero-order valence-electron chi connectivity index (χ0n) is 14.2. The zero-order chi connectivity index (χ0) is 17.8. The molecular weight excluding hydrogens is 342 g/mol. The van der Waals surface area contributed by atoms with E-state index in [-0.39, 0.29) is 11.8 Å². The number of piperazine rings is 1. The Morgan fingerprint density at radius 3 is 2.36 bits per heavy atom. The van der Waals surface area contributed by atoms with Gasteiger partial charge in [0.05, 0.1) is 12.5 Å². The maximum Gasteiger partial charge on any atom is 0.306 e. The summed E-state index contributed by atoms with van der Waals surface area (Å²) in [5, 5.41) is 9.76. The number of carbonyl (C=O) groups is 2. The molecule has 136 valence electrons. The molecule has 2 fully saturated rings. The molecule has 1 N–H and O–H groups in total. The van der Waals surface area contributed by atoms with Crippen molar-refractivity contribution in [2.45, 2.75) is 12.8 Å². The third-order valence-corrected chi connectivity index (χ3v) is 5.34. The van der Waals surface area contributed by atoms with E-state index in [4.69, 9.17) is 16.7 Å². The molecule has 2 aliphatic heterocycles. The summed E-state index contributed by atoms with van der Waals surface area (Å²) < 4.78 is 0. The van der Waals surface area contributed by atoms with Crippen LogP contribution in [0.15, 0.2) is 24.3 Å². The van der Waals surface area contributed by atoms with Crippen LogP contribution in [0.5, 0.6) is 0 Å². The Morgan fingerprint density at radius 2 is 1.76 bits per heavy atom. The van der Waals surface area contributed by atoms with Gasteiger partial charge in [-0.25, -0.2) is 0 Å². The summed E-state index contributed by atoms with van der Waals surface area (Å²) in [6.45, 7) is 4.77. The summed E-state index contributed by atoms with van der Waals surface area (Å²) in [6, 6.07) is 7.79. The van der Waals surface area contributed by atoms with E-state index >= 15 is 0 Å². The van der Waals surface area contributed by atoms with Gasteiger partial charge < -0.3 is 14.9 Å². The van der Waals surface area contributed by atoms with Crippen molar-refractivity contribution in [1.82, 2.24) is 9.80 Å². The number of amides is 1. The number of rotatable bonds is 4. The quantitative estimate of drug-likeness (QED) is 0.881. The molecular formula is C18H24ClN3O3. The van der Waals surface area contributed by atoms with Crippen molar-refractivity contribution in [2.75, 3.05) is 50.7 Å². The number of aliphatic carboxylic acids is 1. The summed E-state index contributed by atoms with van der Waals surface area (Å²) in [7, 11) is 0. The topological polar surface area (TPSA) is 64.1 Å². The molecule has 25 heavy (non-hydrogen) atoms. The molecule has 0 radical (unpaired) electrons. The van der Waals surface area contributed by atoms with Gasteiger partial charge in [0.15, 0.2) is 0 Å². The lowest BCUT2D eigenvalue weighted by atomic mass is 9.97. The van der Waals surface area contributed by atoms with Crippen molar-refractivity contribution in [1.29, 1.82) is 0 Å². The Bertz CT molecular complexity index is 624. The number of piperidine rings is 1. The predicted molar refractivity (Wildman–Crippen MR) is 97.0 cm³/mol. The highest BCUT2D eigenvalue weighted by molar-refractivity contribution is 6.30. The molecule has 3 rings (SSSR count). The average molecular weight is 366 g/mol. The Morgan fingerprint density at radius 1 is 1.08 bits per heavy atom. The number of carbonyl (C=O) groups excluding carboxylic acids is 1. The van der Waals surface area contributed by atoms with Gasteiger partial charge in [0.2, 0.25) is 5.91 Å². The maximum atomic E-state index is 12.5. The van der Waals surface area contributed by atoms with Gasteiger partial charge in [-0.05, 0) is 44.1 Å². The van der Waals surface area contributed by atoms with Gasteiger partial charge in [0.25, 0.3) is 0 Å². The number of carboxylic acid groups (broad SMARTS) is 1. The Hall–Kier alpha value is -1.79. The Kier molecular flexibility index (Phi) is 5.81. The van der Waals surface area contributed by atoms with Crippen LogP contribution in [0.25, 0.3) is 0 Å². The standard InChI is InChI=1S/C18H24ClN3O3/c19-15-2-1-3-16(12-15)21-8-10-22(11-9-21)17(23)13-20-6-4-14(5-7-20)18(24)25/h1-3,12,14H,4-11,13H2,(H,24,25). The molecule has 0 aliphatic carbocycles.